The predicted molar refractivity (Wildman–Crippen MR) is 71.7 cm³/mol. The van der Waals surface area contributed by atoms with E-state index in [0.717, 1.165) is 11.1 Å². The van der Waals surface area contributed by atoms with Crippen LogP contribution >= 0.6 is 0 Å². The van der Waals surface area contributed by atoms with Crippen molar-refractivity contribution in [1.29, 1.82) is 0 Å². The van der Waals surface area contributed by atoms with E-state index in [0.29, 0.717) is 0 Å². The number of hydrogen-bond donors (Lipinski definition) is 0. The maximum Gasteiger partial charge on any atom is 0.123 e. The molecule has 0 radical (unpaired) electrons. The summed E-state index contributed by atoms with van der Waals surface area (Å²) in [6.45, 7) is 6.01. The van der Waals surface area contributed by atoms with Gasteiger partial charge < -0.3 is 0 Å². The molecule has 0 heterocycles. The first-order valence-corrected chi connectivity index (χ1v) is 6.18. The van der Waals surface area contributed by atoms with Gasteiger partial charge in [0, 0.05) is 5.92 Å². The Morgan fingerprint density at radius 2 is 0.944 bits per heavy atom. The summed E-state index contributed by atoms with van der Waals surface area (Å²) in [5, 5.41) is 0. The lowest BCUT2D eigenvalue weighted by molar-refractivity contribution is 0.625. The molecule has 0 fully saturated rings. The van der Waals surface area contributed by atoms with Gasteiger partial charge in [-0.15, -0.1) is 0 Å². The largest absolute Gasteiger partial charge is 0.207 e. The molecule has 0 bridgehead atoms. The zero-order valence-corrected chi connectivity index (χ0v) is 11.0. The molecule has 2 aromatic rings. The lowest BCUT2D eigenvalue weighted by atomic mass is 9.93. The highest BCUT2D eigenvalue weighted by Crippen LogP contribution is 2.24. The number of rotatable bonds is 2. The van der Waals surface area contributed by atoms with Gasteiger partial charge in [-0.25, -0.2) is 8.78 Å². The molecule has 0 unspecified atom stereocenters. The molecule has 0 saturated heterocycles. The normalized spacial score (nSPS) is 9.89. The second-order valence-electron chi connectivity index (χ2n) is 3.82. The Bertz CT molecular complexity index is 412. The van der Waals surface area contributed by atoms with Crippen LogP contribution in [0.3, 0.4) is 0 Å². The van der Waals surface area contributed by atoms with Gasteiger partial charge in [-0.1, -0.05) is 45.0 Å². The van der Waals surface area contributed by atoms with Crippen molar-refractivity contribution in [2.45, 2.75) is 26.7 Å². The maximum atomic E-state index is 12.8. The summed E-state index contributed by atoms with van der Waals surface area (Å²) in [5.41, 5.74) is 2.04. The van der Waals surface area contributed by atoms with Gasteiger partial charge in [0.05, 0.1) is 0 Å². The molecule has 0 amide bonds. The van der Waals surface area contributed by atoms with Gasteiger partial charge in [0.1, 0.15) is 11.6 Å². The molecule has 0 aliphatic rings. The minimum absolute atomic E-state index is 0.140. The molecule has 0 aliphatic carbocycles. The lowest BCUT2D eigenvalue weighted by Gasteiger charge is -2.12. The third-order valence-electron chi connectivity index (χ3n) is 2.74. The van der Waals surface area contributed by atoms with E-state index >= 15 is 0 Å². The quantitative estimate of drug-likeness (QED) is 0.690. The van der Waals surface area contributed by atoms with E-state index < -0.39 is 0 Å². The number of halogens is 2. The van der Waals surface area contributed by atoms with E-state index in [1.54, 1.807) is 24.3 Å². The molecule has 0 spiro atoms. The van der Waals surface area contributed by atoms with Crippen LogP contribution < -0.4 is 0 Å². The summed E-state index contributed by atoms with van der Waals surface area (Å²) in [6, 6.07) is 12.8. The van der Waals surface area contributed by atoms with Crippen LogP contribution in [0.25, 0.3) is 0 Å². The Hall–Kier alpha value is -1.70. The fraction of sp³-hybridized carbons (Fsp3) is 0.250. The molecule has 0 aliphatic heterocycles. The van der Waals surface area contributed by atoms with E-state index in [4.69, 9.17) is 0 Å². The number of hydrogen-bond acceptors (Lipinski definition) is 0. The van der Waals surface area contributed by atoms with Crippen molar-refractivity contribution in [2.75, 3.05) is 0 Å². The van der Waals surface area contributed by atoms with Gasteiger partial charge in [-0.2, -0.15) is 0 Å². The van der Waals surface area contributed by atoms with Crippen LogP contribution in [0.4, 0.5) is 8.78 Å². The molecule has 18 heavy (non-hydrogen) atoms. The molecule has 0 nitrogen and oxygen atoms in total. The summed E-state index contributed by atoms with van der Waals surface area (Å²) in [5.74, 6) is -0.341. The fourth-order valence-corrected chi connectivity index (χ4v) is 1.70. The topological polar surface area (TPSA) is 0 Å². The van der Waals surface area contributed by atoms with Crippen molar-refractivity contribution in [3.05, 3.63) is 71.3 Å². The van der Waals surface area contributed by atoms with Crippen LogP contribution in [0.15, 0.2) is 48.5 Å². The van der Waals surface area contributed by atoms with E-state index in [2.05, 4.69) is 0 Å². The second kappa shape index (κ2) is 6.90. The minimum Gasteiger partial charge on any atom is -0.207 e. The Balaban J connectivity index is 0.000000771. The van der Waals surface area contributed by atoms with Crippen LogP contribution in [0, 0.1) is 11.6 Å². The maximum absolute atomic E-state index is 12.8. The molecule has 96 valence electrons. The van der Waals surface area contributed by atoms with E-state index in [9.17, 15) is 8.78 Å². The van der Waals surface area contributed by atoms with Crippen LogP contribution in [0.5, 0.6) is 0 Å². The molecule has 2 aromatic carbocycles. The molecular formula is C16H18F2. The second-order valence-corrected chi connectivity index (χ2v) is 3.82. The molecule has 2 heteroatoms. The monoisotopic (exact) mass is 248 g/mol. The third kappa shape index (κ3) is 3.66. The zero-order valence-electron chi connectivity index (χ0n) is 11.0. The van der Waals surface area contributed by atoms with Crippen LogP contribution in [-0.4, -0.2) is 0 Å². The minimum atomic E-state index is -0.241. The first-order valence-electron chi connectivity index (χ1n) is 6.18. The first-order chi connectivity index (χ1) is 8.66. The number of benzene rings is 2. The first kappa shape index (κ1) is 14.4. The molecule has 0 atom stereocenters. The molecule has 0 aromatic heterocycles. The van der Waals surface area contributed by atoms with Crippen molar-refractivity contribution < 1.29 is 8.78 Å². The van der Waals surface area contributed by atoms with E-state index in [1.165, 1.54) is 24.3 Å². The predicted octanol–water partition coefficient (Wildman–Crippen LogP) is 5.14. The highest BCUT2D eigenvalue weighted by molar-refractivity contribution is 5.31. The molecule has 0 saturated carbocycles. The van der Waals surface area contributed by atoms with Crippen LogP contribution in [0.1, 0.15) is 37.8 Å². The summed E-state index contributed by atoms with van der Waals surface area (Å²) < 4.78 is 25.5. The van der Waals surface area contributed by atoms with Crippen molar-refractivity contribution in [2.24, 2.45) is 0 Å². The lowest BCUT2D eigenvalue weighted by Crippen LogP contribution is -1.96. The average Bonchev–Trinajstić information content (AvgIpc) is 2.42. The summed E-state index contributed by atoms with van der Waals surface area (Å²) in [7, 11) is 0. The molecule has 2 rings (SSSR count). The van der Waals surface area contributed by atoms with Crippen LogP contribution in [0.2, 0.25) is 0 Å². The average molecular weight is 248 g/mol. The van der Waals surface area contributed by atoms with Gasteiger partial charge in [0.25, 0.3) is 0 Å². The van der Waals surface area contributed by atoms with Gasteiger partial charge in [0.15, 0.2) is 0 Å². The summed E-state index contributed by atoms with van der Waals surface area (Å²) in [6.07, 6.45) is 0. The van der Waals surface area contributed by atoms with Crippen molar-refractivity contribution in [1.82, 2.24) is 0 Å². The standard InChI is InChI=1S/C14H12F2.C2H6/c1-10(11-2-6-13(15)7-3-11)12-4-8-14(16)9-5-12;1-2/h2-10H,1H3;1-2H3. The van der Waals surface area contributed by atoms with Crippen molar-refractivity contribution >= 4 is 0 Å². The smallest absolute Gasteiger partial charge is 0.123 e. The van der Waals surface area contributed by atoms with Gasteiger partial charge in [-0.3, -0.25) is 0 Å². The summed E-state index contributed by atoms with van der Waals surface area (Å²) >= 11 is 0. The van der Waals surface area contributed by atoms with E-state index in [1.807, 2.05) is 20.8 Å². The van der Waals surface area contributed by atoms with Crippen molar-refractivity contribution in [3.63, 3.8) is 0 Å². The van der Waals surface area contributed by atoms with Gasteiger partial charge in [0.2, 0.25) is 0 Å². The Labute approximate surface area is 107 Å². The van der Waals surface area contributed by atoms with Gasteiger partial charge >= 0.3 is 0 Å². The van der Waals surface area contributed by atoms with Crippen molar-refractivity contribution in [3.8, 4) is 0 Å². The molecule has 0 N–H and O–H groups in total. The summed E-state index contributed by atoms with van der Waals surface area (Å²) in [4.78, 5) is 0. The van der Waals surface area contributed by atoms with E-state index in [-0.39, 0.29) is 17.6 Å². The Kier molecular flexibility index (Phi) is 5.50. The zero-order chi connectivity index (χ0) is 13.5. The third-order valence-corrected chi connectivity index (χ3v) is 2.74. The highest BCUT2D eigenvalue weighted by Gasteiger charge is 2.08. The van der Waals surface area contributed by atoms with Crippen LogP contribution in [-0.2, 0) is 0 Å². The highest BCUT2D eigenvalue weighted by atomic mass is 19.1. The fourth-order valence-electron chi connectivity index (χ4n) is 1.70. The Morgan fingerprint density at radius 3 is 1.22 bits per heavy atom. The SMILES string of the molecule is CC.CC(c1ccc(F)cc1)c1ccc(F)cc1. The Morgan fingerprint density at radius 1 is 0.667 bits per heavy atom. The molecular weight excluding hydrogens is 230 g/mol. The van der Waals surface area contributed by atoms with Gasteiger partial charge in [-0.05, 0) is 35.4 Å².